The van der Waals surface area contributed by atoms with Crippen LogP contribution in [-0.4, -0.2) is 30.1 Å². The van der Waals surface area contributed by atoms with E-state index in [0.717, 1.165) is 30.8 Å². The molecule has 0 radical (unpaired) electrons. The smallest absolute Gasteiger partial charge is 0.129 e. The molecule has 106 valence electrons. The molecule has 0 aromatic heterocycles. The predicted octanol–water partition coefficient (Wildman–Crippen LogP) is 3.01. The predicted molar refractivity (Wildman–Crippen MR) is 77.8 cm³/mol. The third-order valence-corrected chi connectivity index (χ3v) is 3.74. The van der Waals surface area contributed by atoms with Crippen molar-refractivity contribution in [1.82, 2.24) is 10.2 Å². The number of hydrogen-bond donors (Lipinski definition) is 1. The average Bonchev–Trinajstić information content (AvgIpc) is 2.72. The average molecular weight is 264 g/mol. The molecule has 1 unspecified atom stereocenters. The van der Waals surface area contributed by atoms with Crippen molar-refractivity contribution in [3.8, 4) is 0 Å². The minimum absolute atomic E-state index is 0.0653. The summed E-state index contributed by atoms with van der Waals surface area (Å²) in [6.45, 7) is 11.2. The van der Waals surface area contributed by atoms with Crippen LogP contribution < -0.4 is 5.32 Å². The van der Waals surface area contributed by atoms with Gasteiger partial charge in [0.05, 0.1) is 0 Å². The molecule has 1 N–H and O–H groups in total. The van der Waals surface area contributed by atoms with Crippen molar-refractivity contribution in [2.45, 2.75) is 52.7 Å². The van der Waals surface area contributed by atoms with E-state index in [1.807, 2.05) is 26.0 Å². The molecular weight excluding hydrogens is 239 g/mol. The Labute approximate surface area is 116 Å². The minimum Gasteiger partial charge on any atom is -0.310 e. The summed E-state index contributed by atoms with van der Waals surface area (Å²) < 4.78 is 13.6. The van der Waals surface area contributed by atoms with Gasteiger partial charge in [-0.1, -0.05) is 26.0 Å². The molecular formula is C16H25FN2. The first-order valence-corrected chi connectivity index (χ1v) is 7.19. The van der Waals surface area contributed by atoms with E-state index in [1.165, 1.54) is 12.0 Å². The lowest BCUT2D eigenvalue weighted by atomic mass is 10.1. The first kappa shape index (κ1) is 14.5. The molecule has 1 atom stereocenters. The van der Waals surface area contributed by atoms with Crippen LogP contribution in [0.25, 0.3) is 0 Å². The number of nitrogens with zero attached hydrogens (tertiary/aromatic N) is 1. The molecule has 1 aliphatic heterocycles. The first-order valence-electron chi connectivity index (χ1n) is 7.19. The third kappa shape index (κ3) is 3.77. The van der Waals surface area contributed by atoms with E-state index in [2.05, 4.69) is 24.1 Å². The van der Waals surface area contributed by atoms with Crippen molar-refractivity contribution >= 4 is 0 Å². The molecule has 0 spiro atoms. The highest BCUT2D eigenvalue weighted by Crippen LogP contribution is 2.18. The molecule has 1 saturated heterocycles. The second kappa shape index (κ2) is 6.02. The lowest BCUT2D eigenvalue weighted by Gasteiger charge is -2.19. The normalized spacial score (nSPS) is 20.4. The maximum Gasteiger partial charge on any atom is 0.129 e. The fourth-order valence-electron chi connectivity index (χ4n) is 2.97. The number of likely N-dealkylation sites (tertiary alicyclic amines) is 1. The molecule has 1 fully saturated rings. The van der Waals surface area contributed by atoms with Crippen LogP contribution in [0.3, 0.4) is 0 Å². The molecule has 1 aromatic rings. The second-order valence-corrected chi connectivity index (χ2v) is 6.09. The van der Waals surface area contributed by atoms with E-state index in [0.29, 0.717) is 12.1 Å². The first-order chi connectivity index (χ1) is 8.95. The van der Waals surface area contributed by atoms with Crippen molar-refractivity contribution in [1.29, 1.82) is 0 Å². The molecule has 0 amide bonds. The van der Waals surface area contributed by atoms with Crippen LogP contribution in [0, 0.1) is 19.7 Å². The minimum atomic E-state index is -0.0653. The fraction of sp³-hybridized carbons (Fsp3) is 0.625. The van der Waals surface area contributed by atoms with Crippen molar-refractivity contribution < 1.29 is 4.39 Å². The number of rotatable bonds is 4. The van der Waals surface area contributed by atoms with E-state index in [4.69, 9.17) is 0 Å². The Balaban J connectivity index is 1.96. The van der Waals surface area contributed by atoms with Gasteiger partial charge in [-0.2, -0.15) is 0 Å². The van der Waals surface area contributed by atoms with E-state index in [9.17, 15) is 4.39 Å². The summed E-state index contributed by atoms with van der Waals surface area (Å²) in [7, 11) is 0. The van der Waals surface area contributed by atoms with Gasteiger partial charge in [0.15, 0.2) is 0 Å². The van der Waals surface area contributed by atoms with E-state index >= 15 is 0 Å². The Morgan fingerprint density at radius 1 is 1.32 bits per heavy atom. The highest BCUT2D eigenvalue weighted by Gasteiger charge is 2.22. The Morgan fingerprint density at radius 2 is 1.95 bits per heavy atom. The summed E-state index contributed by atoms with van der Waals surface area (Å²) in [5.74, 6) is -0.0653. The number of halogens is 1. The van der Waals surface area contributed by atoms with E-state index in [-0.39, 0.29) is 5.82 Å². The van der Waals surface area contributed by atoms with Crippen molar-refractivity contribution in [3.63, 3.8) is 0 Å². The standard InChI is InChI=1S/C16H25FN2/c1-11(2)18-15-5-6-19(10-15)9-14-7-12(3)16(17)13(4)8-14/h7-8,11,15,18H,5-6,9-10H2,1-4H3. The quantitative estimate of drug-likeness (QED) is 0.899. The lowest BCUT2D eigenvalue weighted by Crippen LogP contribution is -2.36. The number of benzene rings is 1. The van der Waals surface area contributed by atoms with Crippen molar-refractivity contribution in [2.75, 3.05) is 13.1 Å². The summed E-state index contributed by atoms with van der Waals surface area (Å²) in [4.78, 5) is 2.45. The van der Waals surface area contributed by atoms with Crippen LogP contribution in [0.2, 0.25) is 0 Å². The molecule has 0 saturated carbocycles. The third-order valence-electron chi connectivity index (χ3n) is 3.74. The Kier molecular flexibility index (Phi) is 4.58. The summed E-state index contributed by atoms with van der Waals surface area (Å²) >= 11 is 0. The zero-order chi connectivity index (χ0) is 14.0. The molecule has 3 heteroatoms. The second-order valence-electron chi connectivity index (χ2n) is 6.09. The van der Waals surface area contributed by atoms with Crippen molar-refractivity contribution in [3.05, 3.63) is 34.6 Å². The largest absolute Gasteiger partial charge is 0.310 e. The molecule has 0 bridgehead atoms. The van der Waals surface area contributed by atoms with Gasteiger partial charge < -0.3 is 5.32 Å². The molecule has 19 heavy (non-hydrogen) atoms. The SMILES string of the molecule is Cc1cc(CN2CCC(NC(C)C)C2)cc(C)c1F. The highest BCUT2D eigenvalue weighted by molar-refractivity contribution is 5.30. The summed E-state index contributed by atoms with van der Waals surface area (Å²) in [5, 5.41) is 3.59. The van der Waals surface area contributed by atoms with Gasteiger partial charge in [0.2, 0.25) is 0 Å². The monoisotopic (exact) mass is 264 g/mol. The van der Waals surface area contributed by atoms with Gasteiger partial charge in [0.25, 0.3) is 0 Å². The Bertz CT molecular complexity index is 419. The van der Waals surface area contributed by atoms with Gasteiger partial charge >= 0.3 is 0 Å². The van der Waals surface area contributed by atoms with Crippen LogP contribution in [0.5, 0.6) is 0 Å². The Morgan fingerprint density at radius 3 is 2.53 bits per heavy atom. The van der Waals surface area contributed by atoms with Crippen LogP contribution in [0.1, 0.15) is 37.0 Å². The maximum atomic E-state index is 13.6. The molecule has 0 aliphatic carbocycles. The maximum absolute atomic E-state index is 13.6. The van der Waals surface area contributed by atoms with Crippen LogP contribution in [0.15, 0.2) is 12.1 Å². The summed E-state index contributed by atoms with van der Waals surface area (Å²) in [6.07, 6.45) is 1.21. The molecule has 2 rings (SSSR count). The Hall–Kier alpha value is -0.930. The zero-order valence-corrected chi connectivity index (χ0v) is 12.5. The van der Waals surface area contributed by atoms with Crippen LogP contribution in [-0.2, 0) is 6.54 Å². The molecule has 1 aliphatic rings. The summed E-state index contributed by atoms with van der Waals surface area (Å²) in [6, 6.07) is 5.10. The number of hydrogen-bond acceptors (Lipinski definition) is 2. The highest BCUT2D eigenvalue weighted by atomic mass is 19.1. The topological polar surface area (TPSA) is 15.3 Å². The van der Waals surface area contributed by atoms with Crippen LogP contribution in [0.4, 0.5) is 4.39 Å². The molecule has 1 heterocycles. The zero-order valence-electron chi connectivity index (χ0n) is 12.5. The van der Waals surface area contributed by atoms with Gasteiger partial charge in [-0.05, 0) is 37.0 Å². The lowest BCUT2D eigenvalue weighted by molar-refractivity contribution is 0.316. The molecule has 1 aromatic carbocycles. The van der Waals surface area contributed by atoms with Gasteiger partial charge in [0.1, 0.15) is 5.82 Å². The van der Waals surface area contributed by atoms with Gasteiger partial charge in [-0.3, -0.25) is 4.90 Å². The van der Waals surface area contributed by atoms with Gasteiger partial charge in [0, 0.05) is 31.7 Å². The van der Waals surface area contributed by atoms with Crippen molar-refractivity contribution in [2.24, 2.45) is 0 Å². The molecule has 2 nitrogen and oxygen atoms in total. The van der Waals surface area contributed by atoms with Gasteiger partial charge in [-0.15, -0.1) is 0 Å². The van der Waals surface area contributed by atoms with E-state index < -0.39 is 0 Å². The van der Waals surface area contributed by atoms with Gasteiger partial charge in [-0.25, -0.2) is 4.39 Å². The van der Waals surface area contributed by atoms with Crippen LogP contribution >= 0.6 is 0 Å². The number of nitrogens with one attached hydrogen (secondary N) is 1. The number of aryl methyl sites for hydroxylation is 2. The summed E-state index contributed by atoms with van der Waals surface area (Å²) in [5.41, 5.74) is 2.73. The fourth-order valence-corrected chi connectivity index (χ4v) is 2.97. The van der Waals surface area contributed by atoms with E-state index in [1.54, 1.807) is 0 Å².